The molecule has 2 aromatic heterocycles. The lowest BCUT2D eigenvalue weighted by molar-refractivity contribution is 0.581. The minimum atomic E-state index is -0.687. The van der Waals surface area contributed by atoms with Crippen LogP contribution >= 0.6 is 0 Å². The summed E-state index contributed by atoms with van der Waals surface area (Å²) in [6, 6.07) is 7.03. The van der Waals surface area contributed by atoms with Crippen LogP contribution in [0.25, 0.3) is 11.0 Å². The summed E-state index contributed by atoms with van der Waals surface area (Å²) in [5, 5.41) is 8.88. The summed E-state index contributed by atoms with van der Waals surface area (Å²) in [4.78, 5) is 9.59. The molecular weight excluding hydrogens is 295 g/mol. The van der Waals surface area contributed by atoms with Crippen LogP contribution in [0.3, 0.4) is 0 Å². The van der Waals surface area contributed by atoms with Gasteiger partial charge >= 0.3 is 0 Å². The van der Waals surface area contributed by atoms with Gasteiger partial charge in [-0.25, -0.2) is 9.97 Å². The maximum absolute atomic E-state index is 14.3. The van der Waals surface area contributed by atoms with Crippen LogP contribution in [-0.4, -0.2) is 21.6 Å². The van der Waals surface area contributed by atoms with E-state index in [-0.39, 0.29) is 5.69 Å². The number of nitriles is 1. The molecule has 0 aliphatic heterocycles. The van der Waals surface area contributed by atoms with E-state index in [0.717, 1.165) is 5.52 Å². The van der Waals surface area contributed by atoms with Crippen LogP contribution in [0, 0.1) is 24.2 Å². The summed E-state index contributed by atoms with van der Waals surface area (Å²) in [6.45, 7) is 1.74. The number of rotatable bonds is 2. The lowest BCUT2D eigenvalue weighted by Gasteiger charge is -2.22. The molecule has 0 aliphatic carbocycles. The Morgan fingerprint density at radius 3 is 2.74 bits per heavy atom. The van der Waals surface area contributed by atoms with Crippen molar-refractivity contribution in [3.63, 3.8) is 0 Å². The summed E-state index contributed by atoms with van der Waals surface area (Å²) < 4.78 is 16.2. The van der Waals surface area contributed by atoms with Crippen molar-refractivity contribution in [3.8, 4) is 6.07 Å². The molecule has 3 aromatic rings. The maximum atomic E-state index is 14.3. The Kier molecular flexibility index (Phi) is 3.37. The van der Waals surface area contributed by atoms with Crippen LogP contribution in [0.5, 0.6) is 0 Å². The molecule has 0 fully saturated rings. The normalized spacial score (nSPS) is 10.7. The predicted molar refractivity (Wildman–Crippen MR) is 86.8 cm³/mol. The second-order valence-corrected chi connectivity index (χ2v) is 5.39. The van der Waals surface area contributed by atoms with E-state index >= 15 is 0 Å². The van der Waals surface area contributed by atoms with Crippen LogP contribution < -0.4 is 10.6 Å². The summed E-state index contributed by atoms with van der Waals surface area (Å²) >= 11 is 0. The molecule has 0 bridgehead atoms. The average molecular weight is 310 g/mol. The zero-order valence-electron chi connectivity index (χ0n) is 13.0. The molecule has 6 nitrogen and oxygen atoms in total. The Bertz CT molecular complexity index is 930. The molecule has 0 amide bonds. The number of nitrogen functional groups attached to an aromatic ring is 1. The number of halogens is 1. The quantitative estimate of drug-likeness (QED) is 0.581. The molecule has 0 radical (unpaired) electrons. The van der Waals surface area contributed by atoms with Gasteiger partial charge in [-0.15, -0.1) is 0 Å². The van der Waals surface area contributed by atoms with Crippen molar-refractivity contribution in [1.29, 1.82) is 5.26 Å². The first kappa shape index (κ1) is 14.8. The van der Waals surface area contributed by atoms with Crippen LogP contribution in [0.4, 0.5) is 21.5 Å². The van der Waals surface area contributed by atoms with E-state index in [0.29, 0.717) is 28.1 Å². The highest BCUT2D eigenvalue weighted by molar-refractivity contribution is 5.92. The molecule has 1 aromatic carbocycles. The van der Waals surface area contributed by atoms with Crippen molar-refractivity contribution in [2.45, 2.75) is 6.92 Å². The minimum absolute atomic E-state index is 0.0544. The third-order valence-corrected chi connectivity index (χ3v) is 3.82. The highest BCUT2D eigenvalue weighted by Crippen LogP contribution is 2.33. The molecule has 0 saturated heterocycles. The summed E-state index contributed by atoms with van der Waals surface area (Å²) in [5.41, 5.74) is 9.84. The molecule has 3 rings (SSSR count). The second kappa shape index (κ2) is 5.25. The first-order chi connectivity index (χ1) is 10.9. The van der Waals surface area contributed by atoms with E-state index in [1.807, 2.05) is 23.8 Å². The molecule has 0 unspecified atom stereocenters. The van der Waals surface area contributed by atoms with Crippen LogP contribution in [0.2, 0.25) is 0 Å². The smallest absolute Gasteiger partial charge is 0.238 e. The summed E-state index contributed by atoms with van der Waals surface area (Å²) in [7, 11) is 3.60. The summed E-state index contributed by atoms with van der Waals surface area (Å²) in [5.74, 6) is -0.687. The molecular formula is C16H15FN6. The Morgan fingerprint density at radius 1 is 1.35 bits per heavy atom. The third kappa shape index (κ3) is 2.34. The number of benzene rings is 1. The van der Waals surface area contributed by atoms with Gasteiger partial charge in [0.15, 0.2) is 0 Å². The molecule has 0 spiro atoms. The van der Waals surface area contributed by atoms with Gasteiger partial charge in [0.1, 0.15) is 17.3 Å². The highest BCUT2D eigenvalue weighted by atomic mass is 19.1. The van der Waals surface area contributed by atoms with E-state index < -0.39 is 5.95 Å². The lowest BCUT2D eigenvalue weighted by Crippen LogP contribution is -2.14. The van der Waals surface area contributed by atoms with Gasteiger partial charge in [0, 0.05) is 19.8 Å². The molecule has 0 saturated carbocycles. The van der Waals surface area contributed by atoms with Crippen molar-refractivity contribution in [3.05, 3.63) is 41.7 Å². The second-order valence-electron chi connectivity index (χ2n) is 5.39. The number of aromatic nitrogens is 3. The minimum Gasteiger partial charge on any atom is -0.397 e. The van der Waals surface area contributed by atoms with Gasteiger partial charge in [-0.2, -0.15) is 9.65 Å². The molecule has 23 heavy (non-hydrogen) atoms. The van der Waals surface area contributed by atoms with Gasteiger partial charge in [0.05, 0.1) is 23.2 Å². The third-order valence-electron chi connectivity index (χ3n) is 3.82. The van der Waals surface area contributed by atoms with Crippen molar-refractivity contribution in [1.82, 2.24) is 14.5 Å². The van der Waals surface area contributed by atoms with Gasteiger partial charge in [0.25, 0.3) is 0 Å². The number of imidazole rings is 1. The molecule has 0 aliphatic rings. The van der Waals surface area contributed by atoms with E-state index in [2.05, 4.69) is 9.97 Å². The number of hydrogen-bond acceptors (Lipinski definition) is 5. The van der Waals surface area contributed by atoms with E-state index in [1.54, 1.807) is 37.3 Å². The van der Waals surface area contributed by atoms with Gasteiger partial charge in [-0.1, -0.05) is 0 Å². The number of fused-ring (bicyclic) bond motifs is 1. The Morgan fingerprint density at radius 2 is 2.09 bits per heavy atom. The van der Waals surface area contributed by atoms with Crippen LogP contribution in [0.1, 0.15) is 11.3 Å². The molecule has 2 N–H and O–H groups in total. The Hall–Kier alpha value is -3.14. The van der Waals surface area contributed by atoms with Gasteiger partial charge in [0.2, 0.25) is 5.95 Å². The van der Waals surface area contributed by atoms with Gasteiger partial charge < -0.3 is 15.2 Å². The molecule has 2 heterocycles. The number of hydrogen-bond donors (Lipinski definition) is 1. The maximum Gasteiger partial charge on any atom is 0.238 e. The zero-order chi connectivity index (χ0) is 16.7. The van der Waals surface area contributed by atoms with E-state index in [1.165, 1.54) is 0 Å². The largest absolute Gasteiger partial charge is 0.397 e. The lowest BCUT2D eigenvalue weighted by atomic mass is 10.1. The number of aryl methyl sites for hydroxylation is 2. The highest BCUT2D eigenvalue weighted by Gasteiger charge is 2.17. The SMILES string of the molecule is Cc1cc(C#N)nc(F)c1N(C)c1cc(N)c2ncn(C)c2c1. The average Bonchev–Trinajstić information content (AvgIpc) is 2.88. The number of pyridine rings is 1. The molecule has 7 heteroatoms. The molecule has 116 valence electrons. The monoisotopic (exact) mass is 310 g/mol. The summed E-state index contributed by atoms with van der Waals surface area (Å²) in [6.07, 6.45) is 1.68. The van der Waals surface area contributed by atoms with E-state index in [9.17, 15) is 4.39 Å². The van der Waals surface area contributed by atoms with Crippen molar-refractivity contribution < 1.29 is 4.39 Å². The Labute approximate surface area is 132 Å². The van der Waals surface area contributed by atoms with Gasteiger partial charge in [-0.3, -0.25) is 0 Å². The van der Waals surface area contributed by atoms with Crippen LogP contribution in [-0.2, 0) is 7.05 Å². The van der Waals surface area contributed by atoms with Crippen LogP contribution in [0.15, 0.2) is 24.5 Å². The van der Waals surface area contributed by atoms with Gasteiger partial charge in [-0.05, 0) is 30.7 Å². The van der Waals surface area contributed by atoms with E-state index in [4.69, 9.17) is 11.0 Å². The molecule has 0 atom stereocenters. The first-order valence-corrected chi connectivity index (χ1v) is 6.94. The fourth-order valence-corrected chi connectivity index (χ4v) is 2.65. The number of nitrogens with zero attached hydrogens (tertiary/aromatic N) is 5. The number of nitrogens with two attached hydrogens (primary N) is 1. The van der Waals surface area contributed by atoms with Crippen molar-refractivity contribution in [2.24, 2.45) is 7.05 Å². The van der Waals surface area contributed by atoms with Crippen molar-refractivity contribution >= 4 is 28.1 Å². The zero-order valence-corrected chi connectivity index (χ0v) is 13.0. The Balaban J connectivity index is 2.16. The predicted octanol–water partition coefficient (Wildman–Crippen LogP) is 2.64. The fourth-order valence-electron chi connectivity index (χ4n) is 2.65. The topological polar surface area (TPSA) is 83.8 Å². The van der Waals surface area contributed by atoms with Crippen molar-refractivity contribution in [2.75, 3.05) is 17.7 Å². The fraction of sp³-hybridized carbons (Fsp3) is 0.188. The standard InChI is InChI=1S/C16H15FN6/c1-9-4-10(7-18)21-16(17)15(9)23(3)11-5-12(19)14-13(6-11)22(2)8-20-14/h4-6,8H,19H2,1-3H3. The number of anilines is 3. The first-order valence-electron chi connectivity index (χ1n) is 6.94.